The second-order valence-electron chi connectivity index (χ2n) is 7.35. The van der Waals surface area contributed by atoms with Crippen LogP contribution in [0.4, 0.5) is 0 Å². The Labute approximate surface area is 157 Å². The van der Waals surface area contributed by atoms with Gasteiger partial charge in [-0.15, -0.1) is 12.4 Å². The van der Waals surface area contributed by atoms with Gasteiger partial charge in [-0.3, -0.25) is 14.2 Å². The zero-order chi connectivity index (χ0) is 18.4. The van der Waals surface area contributed by atoms with Crippen molar-refractivity contribution in [2.24, 2.45) is 11.1 Å². The van der Waals surface area contributed by atoms with E-state index in [1.165, 1.54) is 0 Å². The van der Waals surface area contributed by atoms with Gasteiger partial charge in [0.15, 0.2) is 0 Å². The summed E-state index contributed by atoms with van der Waals surface area (Å²) in [6.45, 7) is 7.34. The summed E-state index contributed by atoms with van der Waals surface area (Å²) in [5, 5.41) is 0.402. The zero-order valence-corrected chi connectivity index (χ0v) is 16.1. The van der Waals surface area contributed by atoms with Gasteiger partial charge < -0.3 is 15.6 Å². The molecular weight excluding hydrogens is 356 g/mol. The van der Waals surface area contributed by atoms with E-state index in [1.54, 1.807) is 30.0 Å². The van der Waals surface area contributed by atoms with E-state index in [0.717, 1.165) is 11.0 Å². The van der Waals surface area contributed by atoms with Crippen LogP contribution < -0.4 is 17.0 Å². The molecule has 1 saturated heterocycles. The number of halogens is 1. The molecule has 0 spiro atoms. The molecule has 1 aliphatic rings. The Bertz CT molecular complexity index is 948. The van der Waals surface area contributed by atoms with E-state index in [2.05, 4.69) is 18.8 Å². The first-order valence-corrected chi connectivity index (χ1v) is 8.56. The number of piperidine rings is 1. The van der Waals surface area contributed by atoms with Gasteiger partial charge in [0.2, 0.25) is 0 Å². The molecule has 0 bridgehead atoms. The number of hydrogen-bond donors (Lipinski definition) is 2. The van der Waals surface area contributed by atoms with Crippen molar-refractivity contribution < 1.29 is 4.79 Å². The molecule has 7 nitrogen and oxygen atoms in total. The van der Waals surface area contributed by atoms with Gasteiger partial charge in [0.05, 0.1) is 10.9 Å². The number of likely N-dealkylation sites (tertiary alicyclic amines) is 1. The Balaban J connectivity index is 0.00000243. The second-order valence-corrected chi connectivity index (χ2v) is 7.35. The van der Waals surface area contributed by atoms with Crippen molar-refractivity contribution >= 4 is 29.2 Å². The lowest BCUT2D eigenvalue weighted by atomic mass is 9.79. The summed E-state index contributed by atoms with van der Waals surface area (Å²) >= 11 is 0. The molecule has 1 fully saturated rings. The number of hydrogen-bond acceptors (Lipinski definition) is 4. The van der Waals surface area contributed by atoms with E-state index in [4.69, 9.17) is 5.73 Å². The molecule has 1 aromatic carbocycles. The first kappa shape index (κ1) is 20.2. The lowest BCUT2D eigenvalue weighted by Crippen LogP contribution is -2.54. The maximum absolute atomic E-state index is 12.8. The molecule has 1 amide bonds. The number of carbonyl (C=O) groups excluding carboxylic acids is 1. The van der Waals surface area contributed by atoms with Crippen molar-refractivity contribution in [2.45, 2.75) is 39.8 Å². The smallest absolute Gasteiger partial charge is 0.328 e. The van der Waals surface area contributed by atoms with Crippen LogP contribution in [0.25, 0.3) is 10.9 Å². The normalized spacial score (nSPS) is 19.2. The van der Waals surface area contributed by atoms with Crippen molar-refractivity contribution in [1.82, 2.24) is 14.5 Å². The van der Waals surface area contributed by atoms with E-state index in [-0.39, 0.29) is 35.3 Å². The van der Waals surface area contributed by atoms with Crippen molar-refractivity contribution in [3.05, 3.63) is 44.6 Å². The third-order valence-electron chi connectivity index (χ3n) is 5.14. The summed E-state index contributed by atoms with van der Waals surface area (Å²) in [7, 11) is 0. The first-order chi connectivity index (χ1) is 11.7. The predicted octanol–water partition coefficient (Wildman–Crippen LogP) is 1.33. The van der Waals surface area contributed by atoms with Gasteiger partial charge in [0, 0.05) is 31.2 Å². The summed E-state index contributed by atoms with van der Waals surface area (Å²) in [5.74, 6) is -0.109. The lowest BCUT2D eigenvalue weighted by molar-refractivity contribution is 0.0533. The van der Waals surface area contributed by atoms with Gasteiger partial charge in [-0.1, -0.05) is 13.8 Å². The van der Waals surface area contributed by atoms with Crippen LogP contribution in [-0.2, 0) is 6.54 Å². The Hall–Kier alpha value is -2.12. The summed E-state index contributed by atoms with van der Waals surface area (Å²) in [6, 6.07) is 4.90. The summed E-state index contributed by atoms with van der Waals surface area (Å²) in [6.07, 6.45) is 0.754. The predicted molar refractivity (Wildman–Crippen MR) is 104 cm³/mol. The van der Waals surface area contributed by atoms with Crippen molar-refractivity contribution in [3.63, 3.8) is 0 Å². The highest BCUT2D eigenvalue weighted by atomic mass is 35.5. The molecule has 2 aromatic rings. The minimum absolute atomic E-state index is 0. The number of H-pyrrole nitrogens is 1. The van der Waals surface area contributed by atoms with E-state index in [9.17, 15) is 14.4 Å². The number of aromatic amines is 1. The summed E-state index contributed by atoms with van der Waals surface area (Å²) in [4.78, 5) is 41.6. The van der Waals surface area contributed by atoms with Crippen LogP contribution in [0.5, 0.6) is 0 Å². The standard InChI is InChI=1S/C18H24N4O3.ClH/c1-4-22-16(24)12-6-5-11(9-13(12)20-17(22)25)15(23)21-8-7-14(19)18(2,3)10-21;/h5-6,9,14H,4,7-8,10,19H2,1-3H3,(H,20,25);1H. The number of aromatic nitrogens is 2. The molecule has 8 heteroatoms. The quantitative estimate of drug-likeness (QED) is 0.820. The van der Waals surface area contributed by atoms with Crippen molar-refractivity contribution in [1.29, 1.82) is 0 Å². The van der Waals surface area contributed by atoms with E-state index < -0.39 is 5.69 Å². The Morgan fingerprint density at radius 1 is 1.35 bits per heavy atom. The van der Waals surface area contributed by atoms with Gasteiger partial charge in [-0.25, -0.2) is 4.79 Å². The highest BCUT2D eigenvalue weighted by molar-refractivity contribution is 5.97. The highest BCUT2D eigenvalue weighted by Gasteiger charge is 2.35. The largest absolute Gasteiger partial charge is 0.338 e. The molecule has 0 aliphatic carbocycles. The van der Waals surface area contributed by atoms with Crippen LogP contribution >= 0.6 is 12.4 Å². The maximum atomic E-state index is 12.8. The lowest BCUT2D eigenvalue weighted by Gasteiger charge is -2.42. The van der Waals surface area contributed by atoms with Crippen LogP contribution in [0, 0.1) is 5.41 Å². The molecule has 26 heavy (non-hydrogen) atoms. The molecule has 1 aliphatic heterocycles. The van der Waals surface area contributed by atoms with Gasteiger partial charge in [-0.2, -0.15) is 0 Å². The Morgan fingerprint density at radius 2 is 2.04 bits per heavy atom. The van der Waals surface area contributed by atoms with E-state index in [0.29, 0.717) is 36.1 Å². The second kappa shape index (κ2) is 7.25. The SMILES string of the molecule is CCn1c(=O)[nH]c2cc(C(=O)N3CCC(N)C(C)(C)C3)ccc2c1=O.Cl. The van der Waals surface area contributed by atoms with Crippen LogP contribution in [0.1, 0.15) is 37.6 Å². The zero-order valence-electron chi connectivity index (χ0n) is 15.2. The molecule has 142 valence electrons. The molecule has 0 radical (unpaired) electrons. The van der Waals surface area contributed by atoms with Crippen LogP contribution in [0.2, 0.25) is 0 Å². The number of amides is 1. The Morgan fingerprint density at radius 3 is 2.65 bits per heavy atom. The number of rotatable bonds is 2. The van der Waals surface area contributed by atoms with Crippen LogP contribution in [-0.4, -0.2) is 39.5 Å². The number of carbonyl (C=O) groups is 1. The topological polar surface area (TPSA) is 101 Å². The number of benzene rings is 1. The highest BCUT2D eigenvalue weighted by Crippen LogP contribution is 2.28. The molecule has 0 saturated carbocycles. The summed E-state index contributed by atoms with van der Waals surface area (Å²) < 4.78 is 1.14. The molecular formula is C18H25ClN4O3. The van der Waals surface area contributed by atoms with Crippen LogP contribution in [0.15, 0.2) is 27.8 Å². The fraction of sp³-hybridized carbons (Fsp3) is 0.500. The monoisotopic (exact) mass is 380 g/mol. The molecule has 1 unspecified atom stereocenters. The minimum atomic E-state index is -0.463. The van der Waals surface area contributed by atoms with E-state index in [1.807, 2.05) is 0 Å². The minimum Gasteiger partial charge on any atom is -0.338 e. The van der Waals surface area contributed by atoms with Gasteiger partial charge >= 0.3 is 5.69 Å². The average molecular weight is 381 g/mol. The molecule has 3 N–H and O–H groups in total. The van der Waals surface area contributed by atoms with E-state index >= 15 is 0 Å². The van der Waals surface area contributed by atoms with Crippen molar-refractivity contribution in [2.75, 3.05) is 13.1 Å². The number of nitrogens with zero attached hydrogens (tertiary/aromatic N) is 2. The van der Waals surface area contributed by atoms with Gasteiger partial charge in [0.25, 0.3) is 11.5 Å². The fourth-order valence-electron chi connectivity index (χ4n) is 3.40. The maximum Gasteiger partial charge on any atom is 0.328 e. The third-order valence-corrected chi connectivity index (χ3v) is 5.14. The van der Waals surface area contributed by atoms with Gasteiger partial charge in [0.1, 0.15) is 0 Å². The van der Waals surface area contributed by atoms with Crippen LogP contribution in [0.3, 0.4) is 0 Å². The average Bonchev–Trinajstić information content (AvgIpc) is 2.56. The number of nitrogens with one attached hydrogen (secondary N) is 1. The third kappa shape index (κ3) is 3.41. The number of fused-ring (bicyclic) bond motifs is 1. The molecule has 1 atom stereocenters. The van der Waals surface area contributed by atoms with Crippen molar-refractivity contribution in [3.8, 4) is 0 Å². The molecule has 1 aromatic heterocycles. The number of nitrogens with two attached hydrogens (primary N) is 1. The molecule has 3 rings (SSSR count). The molecule has 2 heterocycles. The Kier molecular flexibility index (Phi) is 5.63. The first-order valence-electron chi connectivity index (χ1n) is 8.56. The van der Waals surface area contributed by atoms with Gasteiger partial charge in [-0.05, 0) is 37.0 Å². The fourth-order valence-corrected chi connectivity index (χ4v) is 3.40. The summed E-state index contributed by atoms with van der Waals surface area (Å²) in [5.41, 5.74) is 6.03.